The van der Waals surface area contributed by atoms with E-state index in [4.69, 9.17) is 0 Å². The van der Waals surface area contributed by atoms with Crippen LogP contribution in [-0.4, -0.2) is 33.7 Å². The molecule has 0 spiro atoms. The Morgan fingerprint density at radius 1 is 1.56 bits per heavy atom. The van der Waals surface area contributed by atoms with Crippen molar-refractivity contribution in [1.82, 2.24) is 14.9 Å². The van der Waals surface area contributed by atoms with Gasteiger partial charge < -0.3 is 9.88 Å². The second kappa shape index (κ2) is 4.57. The van der Waals surface area contributed by atoms with Crippen molar-refractivity contribution in [3.8, 4) is 0 Å². The summed E-state index contributed by atoms with van der Waals surface area (Å²) in [5.74, 6) is 0. The second-order valence-electron chi connectivity index (χ2n) is 3.71. The highest BCUT2D eigenvalue weighted by Gasteiger charge is 2.04. The Balaban J connectivity index is 2.06. The quantitative estimate of drug-likeness (QED) is 0.800. The predicted molar refractivity (Wildman–Crippen MR) is 66.8 cm³/mol. The molecule has 84 valence electrons. The Morgan fingerprint density at radius 3 is 3.12 bits per heavy atom. The van der Waals surface area contributed by atoms with Gasteiger partial charge in [-0.15, -0.1) is 0 Å². The van der Waals surface area contributed by atoms with Crippen molar-refractivity contribution >= 4 is 28.9 Å². The molecule has 4 nitrogen and oxygen atoms in total. The van der Waals surface area contributed by atoms with E-state index in [2.05, 4.69) is 28.7 Å². The smallest absolute Gasteiger partial charge is 0.278 e. The first kappa shape index (κ1) is 11.0. The summed E-state index contributed by atoms with van der Waals surface area (Å²) in [7, 11) is 1.74. The minimum atomic E-state index is -0.206. The van der Waals surface area contributed by atoms with Crippen LogP contribution < -0.4 is 0 Å². The number of thiol groups is 1. The van der Waals surface area contributed by atoms with Crippen LogP contribution in [-0.2, 0) is 6.42 Å². The molecule has 0 aliphatic rings. The van der Waals surface area contributed by atoms with Gasteiger partial charge in [-0.2, -0.15) is 0 Å². The lowest BCUT2D eigenvalue weighted by atomic mass is 10.1. The zero-order chi connectivity index (χ0) is 11.5. The zero-order valence-electron chi connectivity index (χ0n) is 8.97. The number of aromatic nitrogens is 2. The van der Waals surface area contributed by atoms with E-state index in [-0.39, 0.29) is 5.24 Å². The first-order valence-electron chi connectivity index (χ1n) is 5.03. The SMILES string of the molecule is CN(CCc1ccc2nc[nH]c2c1)C(=O)S. The van der Waals surface area contributed by atoms with E-state index in [0.717, 1.165) is 17.5 Å². The molecule has 0 bridgehead atoms. The molecule has 0 saturated carbocycles. The molecule has 1 aromatic carbocycles. The monoisotopic (exact) mass is 235 g/mol. The van der Waals surface area contributed by atoms with Crippen molar-refractivity contribution in [3.05, 3.63) is 30.1 Å². The van der Waals surface area contributed by atoms with Crippen molar-refractivity contribution in [2.75, 3.05) is 13.6 Å². The third kappa shape index (κ3) is 2.36. The lowest BCUT2D eigenvalue weighted by molar-refractivity contribution is 0.234. The van der Waals surface area contributed by atoms with Gasteiger partial charge in [-0.1, -0.05) is 18.7 Å². The van der Waals surface area contributed by atoms with Crippen LogP contribution in [0.25, 0.3) is 11.0 Å². The molecule has 16 heavy (non-hydrogen) atoms. The van der Waals surface area contributed by atoms with Gasteiger partial charge in [0.25, 0.3) is 5.24 Å². The molecule has 1 heterocycles. The average Bonchev–Trinajstić information content (AvgIpc) is 2.72. The van der Waals surface area contributed by atoms with Crippen LogP contribution in [0.2, 0.25) is 0 Å². The van der Waals surface area contributed by atoms with Gasteiger partial charge in [-0.05, 0) is 24.1 Å². The predicted octanol–water partition coefficient (Wildman–Crippen LogP) is 2.09. The zero-order valence-corrected chi connectivity index (χ0v) is 9.87. The molecule has 0 aliphatic heterocycles. The minimum absolute atomic E-state index is 0.206. The first-order chi connectivity index (χ1) is 7.66. The number of nitrogens with one attached hydrogen (secondary N) is 1. The number of hydrogen-bond donors (Lipinski definition) is 2. The molecule has 0 aliphatic carbocycles. The number of rotatable bonds is 3. The normalized spacial score (nSPS) is 10.6. The van der Waals surface area contributed by atoms with E-state index >= 15 is 0 Å². The van der Waals surface area contributed by atoms with E-state index in [0.29, 0.717) is 6.54 Å². The molecule has 1 amide bonds. The average molecular weight is 235 g/mol. The Labute approximate surface area is 99.1 Å². The number of H-pyrrole nitrogens is 1. The molecule has 5 heteroatoms. The van der Waals surface area contributed by atoms with Crippen molar-refractivity contribution in [2.45, 2.75) is 6.42 Å². The summed E-state index contributed by atoms with van der Waals surface area (Å²) in [6.45, 7) is 0.669. The molecule has 0 atom stereocenters. The maximum absolute atomic E-state index is 10.9. The van der Waals surface area contributed by atoms with Gasteiger partial charge in [0.15, 0.2) is 0 Å². The lowest BCUT2D eigenvalue weighted by Gasteiger charge is -2.13. The molecule has 0 unspecified atom stereocenters. The van der Waals surface area contributed by atoms with Gasteiger partial charge >= 0.3 is 0 Å². The van der Waals surface area contributed by atoms with Gasteiger partial charge in [0.05, 0.1) is 17.4 Å². The molecule has 1 aromatic heterocycles. The number of fused-ring (bicyclic) bond motifs is 1. The number of carbonyl (C=O) groups excluding carboxylic acids is 1. The van der Waals surface area contributed by atoms with Crippen molar-refractivity contribution < 1.29 is 4.79 Å². The van der Waals surface area contributed by atoms with Gasteiger partial charge in [0, 0.05) is 13.6 Å². The van der Waals surface area contributed by atoms with E-state index in [1.165, 1.54) is 5.56 Å². The van der Waals surface area contributed by atoms with Crippen molar-refractivity contribution in [1.29, 1.82) is 0 Å². The molecular weight excluding hydrogens is 222 g/mol. The van der Waals surface area contributed by atoms with Crippen molar-refractivity contribution in [2.24, 2.45) is 0 Å². The van der Waals surface area contributed by atoms with Crippen LogP contribution in [0.5, 0.6) is 0 Å². The highest BCUT2D eigenvalue weighted by Crippen LogP contribution is 2.12. The minimum Gasteiger partial charge on any atom is -0.345 e. The van der Waals surface area contributed by atoms with E-state index in [9.17, 15) is 4.79 Å². The Kier molecular flexibility index (Phi) is 3.14. The molecule has 2 rings (SSSR count). The molecule has 0 radical (unpaired) electrons. The number of hydrogen-bond acceptors (Lipinski definition) is 2. The molecular formula is C11H13N3OS. The van der Waals surface area contributed by atoms with Crippen LogP contribution in [0, 0.1) is 0 Å². The number of carbonyl (C=O) groups is 1. The fraction of sp³-hybridized carbons (Fsp3) is 0.273. The summed E-state index contributed by atoms with van der Waals surface area (Å²) in [4.78, 5) is 19.7. The summed E-state index contributed by atoms with van der Waals surface area (Å²) in [5.41, 5.74) is 3.16. The molecule has 2 aromatic rings. The number of nitrogens with zero attached hydrogens (tertiary/aromatic N) is 2. The third-order valence-electron chi connectivity index (χ3n) is 2.55. The van der Waals surface area contributed by atoms with Crippen LogP contribution in [0.15, 0.2) is 24.5 Å². The van der Waals surface area contributed by atoms with E-state index in [1.807, 2.05) is 12.1 Å². The lowest BCUT2D eigenvalue weighted by Crippen LogP contribution is -2.23. The first-order valence-corrected chi connectivity index (χ1v) is 5.47. The second-order valence-corrected chi connectivity index (χ2v) is 4.09. The molecule has 0 saturated heterocycles. The number of aromatic amines is 1. The fourth-order valence-corrected chi connectivity index (χ4v) is 1.63. The van der Waals surface area contributed by atoms with Crippen molar-refractivity contribution in [3.63, 3.8) is 0 Å². The summed E-state index contributed by atoms with van der Waals surface area (Å²) in [6, 6.07) is 6.06. The Morgan fingerprint density at radius 2 is 2.38 bits per heavy atom. The van der Waals surface area contributed by atoms with Crippen LogP contribution >= 0.6 is 12.6 Å². The maximum atomic E-state index is 10.9. The van der Waals surface area contributed by atoms with Gasteiger partial charge in [0.2, 0.25) is 0 Å². The Bertz CT molecular complexity index is 509. The van der Waals surface area contributed by atoms with Crippen LogP contribution in [0.3, 0.4) is 0 Å². The van der Waals surface area contributed by atoms with Gasteiger partial charge in [0.1, 0.15) is 0 Å². The van der Waals surface area contributed by atoms with E-state index in [1.54, 1.807) is 18.3 Å². The summed E-state index contributed by atoms with van der Waals surface area (Å²) in [6.07, 6.45) is 2.50. The highest BCUT2D eigenvalue weighted by molar-refractivity contribution is 7.96. The standard InChI is InChI=1S/C11H13N3OS/c1-14(11(15)16)5-4-8-2-3-9-10(6-8)13-7-12-9/h2-3,6-7H,4-5H2,1H3,(H,12,13)(H,15,16). The summed E-state index contributed by atoms with van der Waals surface area (Å²) < 4.78 is 0. The largest absolute Gasteiger partial charge is 0.345 e. The molecule has 0 fully saturated rings. The highest BCUT2D eigenvalue weighted by atomic mass is 32.1. The summed E-state index contributed by atoms with van der Waals surface area (Å²) in [5, 5.41) is -0.206. The third-order valence-corrected chi connectivity index (χ3v) is 2.89. The number of amides is 1. The summed E-state index contributed by atoms with van der Waals surface area (Å²) >= 11 is 3.76. The topological polar surface area (TPSA) is 49.0 Å². The van der Waals surface area contributed by atoms with Gasteiger partial charge in [-0.3, -0.25) is 4.79 Å². The number of benzene rings is 1. The van der Waals surface area contributed by atoms with Gasteiger partial charge in [-0.25, -0.2) is 4.98 Å². The Hall–Kier alpha value is -1.49. The fourth-order valence-electron chi connectivity index (χ4n) is 1.53. The number of likely N-dealkylation sites (N-methyl/N-ethyl adjacent to an activating group) is 1. The number of imidazole rings is 1. The molecule has 1 N–H and O–H groups in total. The van der Waals surface area contributed by atoms with Crippen LogP contribution in [0.4, 0.5) is 4.79 Å². The van der Waals surface area contributed by atoms with Crippen LogP contribution in [0.1, 0.15) is 5.56 Å². The maximum Gasteiger partial charge on any atom is 0.278 e. The van der Waals surface area contributed by atoms with E-state index < -0.39 is 0 Å².